The topological polar surface area (TPSA) is 115 Å². The van der Waals surface area contributed by atoms with Crippen molar-refractivity contribution in [3.8, 4) is 17.9 Å². The van der Waals surface area contributed by atoms with Gasteiger partial charge in [-0.3, -0.25) is 9.59 Å². The molecule has 0 aliphatic carbocycles. The second-order valence-corrected chi connectivity index (χ2v) is 7.05. The molecular weight excluding hydrogens is 442 g/mol. The molecule has 0 aromatic heterocycles. The van der Waals surface area contributed by atoms with Crippen molar-refractivity contribution < 1.29 is 23.1 Å². The van der Waals surface area contributed by atoms with Crippen LogP contribution in [-0.4, -0.2) is 18.9 Å². The molecule has 0 bridgehead atoms. The zero-order valence-electron chi connectivity index (χ0n) is 18.0. The zero-order valence-corrected chi connectivity index (χ0v) is 18.0. The van der Waals surface area contributed by atoms with Gasteiger partial charge < -0.3 is 15.4 Å². The molecule has 0 spiro atoms. The number of hydrogen-bond acceptors (Lipinski definition) is 5. The molecule has 0 aliphatic heterocycles. The molecule has 0 heterocycles. The average Bonchev–Trinajstić information content (AvgIpc) is 2.84. The normalized spacial score (nSPS) is 10.0. The molecule has 3 aromatic carbocycles. The van der Waals surface area contributed by atoms with Crippen molar-refractivity contribution in [2.75, 3.05) is 17.7 Å². The Morgan fingerprint density at radius 1 is 0.853 bits per heavy atom. The van der Waals surface area contributed by atoms with E-state index in [1.165, 1.54) is 61.7 Å². The summed E-state index contributed by atoms with van der Waals surface area (Å²) >= 11 is 0. The van der Waals surface area contributed by atoms with Crippen LogP contribution >= 0.6 is 0 Å². The predicted octanol–water partition coefficient (Wildman–Crippen LogP) is 4.61. The van der Waals surface area contributed by atoms with Gasteiger partial charge in [-0.1, -0.05) is 24.3 Å². The Kier molecular flexibility index (Phi) is 7.52. The molecule has 0 saturated heterocycles. The van der Waals surface area contributed by atoms with Crippen molar-refractivity contribution in [1.82, 2.24) is 0 Å². The lowest BCUT2D eigenvalue weighted by molar-refractivity contribution is 0.102. The molecule has 3 rings (SSSR count). The van der Waals surface area contributed by atoms with E-state index in [4.69, 9.17) is 15.3 Å². The average molecular weight is 460 g/mol. The Bertz CT molecular complexity index is 1340. The fraction of sp³-hybridized carbons (Fsp3) is 0.120. The fourth-order valence-electron chi connectivity index (χ4n) is 3.21. The van der Waals surface area contributed by atoms with E-state index in [0.29, 0.717) is 0 Å². The summed E-state index contributed by atoms with van der Waals surface area (Å²) in [6.07, 6.45) is -0.324. The van der Waals surface area contributed by atoms with Crippen LogP contribution in [0.5, 0.6) is 5.75 Å². The molecular formula is C25H18F2N4O3. The maximum Gasteiger partial charge on any atom is 0.259 e. The molecule has 0 atom stereocenters. The van der Waals surface area contributed by atoms with Gasteiger partial charge in [0, 0.05) is 16.7 Å². The third kappa shape index (κ3) is 5.17. The third-order valence-corrected chi connectivity index (χ3v) is 4.90. The number of amides is 2. The van der Waals surface area contributed by atoms with Crippen LogP contribution in [0.25, 0.3) is 0 Å². The van der Waals surface area contributed by atoms with Gasteiger partial charge in [-0.2, -0.15) is 10.5 Å². The number of carbonyl (C=O) groups excluding carboxylic acids is 2. The van der Waals surface area contributed by atoms with Crippen LogP contribution in [0, 0.1) is 34.3 Å². The minimum absolute atomic E-state index is 0.0229. The summed E-state index contributed by atoms with van der Waals surface area (Å²) in [5.74, 6) is -2.78. The molecule has 0 aliphatic rings. The summed E-state index contributed by atoms with van der Waals surface area (Å²) in [4.78, 5) is 25.6. The van der Waals surface area contributed by atoms with Gasteiger partial charge >= 0.3 is 0 Å². The van der Waals surface area contributed by atoms with E-state index < -0.39 is 23.4 Å². The molecule has 2 N–H and O–H groups in total. The van der Waals surface area contributed by atoms with Gasteiger partial charge in [-0.15, -0.1) is 0 Å². The second-order valence-electron chi connectivity index (χ2n) is 7.05. The smallest absolute Gasteiger partial charge is 0.259 e. The summed E-state index contributed by atoms with van der Waals surface area (Å²) in [5, 5.41) is 22.5. The Hall–Kier alpha value is -4.76. The summed E-state index contributed by atoms with van der Waals surface area (Å²) in [6, 6.07) is 16.3. The van der Waals surface area contributed by atoms with Gasteiger partial charge in [0.2, 0.25) is 0 Å². The maximum atomic E-state index is 14.6. The second kappa shape index (κ2) is 10.7. The summed E-state index contributed by atoms with van der Waals surface area (Å²) in [7, 11) is 1.33. The predicted molar refractivity (Wildman–Crippen MR) is 120 cm³/mol. The van der Waals surface area contributed by atoms with Crippen LogP contribution < -0.4 is 15.4 Å². The highest BCUT2D eigenvalue weighted by molar-refractivity contribution is 6.10. The van der Waals surface area contributed by atoms with Crippen molar-refractivity contribution in [2.24, 2.45) is 0 Å². The number of ether oxygens (including phenoxy) is 1. The first-order valence-corrected chi connectivity index (χ1v) is 9.99. The molecule has 34 heavy (non-hydrogen) atoms. The first kappa shape index (κ1) is 23.9. The first-order chi connectivity index (χ1) is 16.4. The largest absolute Gasteiger partial charge is 0.496 e. The molecule has 7 nitrogen and oxygen atoms in total. The number of anilines is 2. The minimum atomic E-state index is -0.748. The summed E-state index contributed by atoms with van der Waals surface area (Å²) < 4.78 is 34.3. The van der Waals surface area contributed by atoms with Gasteiger partial charge in [0.25, 0.3) is 11.8 Å². The van der Waals surface area contributed by atoms with Crippen LogP contribution in [0.2, 0.25) is 0 Å². The quantitative estimate of drug-likeness (QED) is 0.534. The highest BCUT2D eigenvalue weighted by Gasteiger charge is 2.19. The number of nitrogens with zero attached hydrogens (tertiary/aromatic N) is 2. The highest BCUT2D eigenvalue weighted by atomic mass is 19.1. The van der Waals surface area contributed by atoms with E-state index in [0.717, 1.165) is 0 Å². The number of nitriles is 2. The Labute approximate surface area is 194 Å². The Balaban J connectivity index is 1.88. The lowest BCUT2D eigenvalue weighted by Gasteiger charge is -2.13. The van der Waals surface area contributed by atoms with Gasteiger partial charge in [-0.25, -0.2) is 8.78 Å². The number of halogens is 2. The Morgan fingerprint density at radius 2 is 1.38 bits per heavy atom. The fourth-order valence-corrected chi connectivity index (χ4v) is 3.21. The SMILES string of the molecule is COc1ccc(C(=O)Nc2cccc(CC#N)c2F)cc1C(=O)Nc1cccc(CC#N)c1F. The lowest BCUT2D eigenvalue weighted by Crippen LogP contribution is -2.18. The van der Waals surface area contributed by atoms with Gasteiger partial charge in [0.1, 0.15) is 5.75 Å². The van der Waals surface area contributed by atoms with E-state index in [1.54, 1.807) is 0 Å². The van der Waals surface area contributed by atoms with Crippen molar-refractivity contribution in [2.45, 2.75) is 12.8 Å². The van der Waals surface area contributed by atoms with Crippen LogP contribution in [0.4, 0.5) is 20.2 Å². The number of nitrogens with one attached hydrogen (secondary N) is 2. The van der Waals surface area contributed by atoms with Crippen LogP contribution in [0.3, 0.4) is 0 Å². The standard InChI is InChI=1S/C25H18F2N4O3/c1-34-21-9-8-17(24(32)30-19-6-2-4-15(10-12-28)22(19)26)14-18(21)25(33)31-20-7-3-5-16(11-13-29)23(20)27/h2-9,14H,10-11H2,1H3,(H,30,32)(H,31,33). The number of rotatable bonds is 7. The number of hydrogen-bond donors (Lipinski definition) is 2. The van der Waals surface area contributed by atoms with E-state index in [1.807, 2.05) is 12.1 Å². The highest BCUT2D eigenvalue weighted by Crippen LogP contribution is 2.25. The van der Waals surface area contributed by atoms with Crippen molar-refractivity contribution in [3.63, 3.8) is 0 Å². The maximum absolute atomic E-state index is 14.6. The van der Waals surface area contributed by atoms with Crippen molar-refractivity contribution in [1.29, 1.82) is 10.5 Å². The minimum Gasteiger partial charge on any atom is -0.496 e. The monoisotopic (exact) mass is 460 g/mol. The van der Waals surface area contributed by atoms with Crippen LogP contribution in [0.15, 0.2) is 54.6 Å². The van der Waals surface area contributed by atoms with E-state index in [-0.39, 0.29) is 52.2 Å². The van der Waals surface area contributed by atoms with Crippen molar-refractivity contribution >= 4 is 23.2 Å². The molecule has 0 radical (unpaired) electrons. The first-order valence-electron chi connectivity index (χ1n) is 9.99. The van der Waals surface area contributed by atoms with Gasteiger partial charge in [0.15, 0.2) is 11.6 Å². The third-order valence-electron chi connectivity index (χ3n) is 4.90. The van der Waals surface area contributed by atoms with Crippen LogP contribution in [-0.2, 0) is 12.8 Å². The molecule has 170 valence electrons. The van der Waals surface area contributed by atoms with E-state index >= 15 is 0 Å². The molecule has 3 aromatic rings. The Morgan fingerprint density at radius 3 is 1.88 bits per heavy atom. The van der Waals surface area contributed by atoms with Gasteiger partial charge in [-0.05, 0) is 30.3 Å². The van der Waals surface area contributed by atoms with Crippen molar-refractivity contribution in [3.05, 3.63) is 88.5 Å². The van der Waals surface area contributed by atoms with Gasteiger partial charge in [0.05, 0.1) is 49.0 Å². The van der Waals surface area contributed by atoms with E-state index in [9.17, 15) is 18.4 Å². The van der Waals surface area contributed by atoms with E-state index in [2.05, 4.69) is 10.6 Å². The lowest BCUT2D eigenvalue weighted by atomic mass is 10.1. The molecule has 0 unspecified atom stereocenters. The molecule has 2 amide bonds. The number of benzene rings is 3. The zero-order chi connectivity index (χ0) is 24.7. The molecule has 0 fully saturated rings. The summed E-state index contributed by atoms with van der Waals surface area (Å²) in [5.41, 5.74) is -0.0209. The van der Waals surface area contributed by atoms with Crippen LogP contribution in [0.1, 0.15) is 31.8 Å². The number of methoxy groups -OCH3 is 1. The number of carbonyl (C=O) groups is 2. The summed E-state index contributed by atoms with van der Waals surface area (Å²) in [6.45, 7) is 0. The molecule has 9 heteroatoms. The molecule has 0 saturated carbocycles.